The van der Waals surface area contributed by atoms with E-state index in [4.69, 9.17) is 4.74 Å². The van der Waals surface area contributed by atoms with E-state index in [1.165, 1.54) is 0 Å². The maximum absolute atomic E-state index is 12.0. The van der Waals surface area contributed by atoms with Crippen molar-refractivity contribution in [2.24, 2.45) is 5.92 Å². The van der Waals surface area contributed by atoms with Crippen molar-refractivity contribution in [1.29, 1.82) is 0 Å². The van der Waals surface area contributed by atoms with E-state index < -0.39 is 5.60 Å². The van der Waals surface area contributed by atoms with Gasteiger partial charge in [0.05, 0.1) is 6.20 Å². The van der Waals surface area contributed by atoms with Crippen molar-refractivity contribution in [1.82, 2.24) is 14.9 Å². The number of anilines is 1. The maximum Gasteiger partial charge on any atom is 0.410 e. The predicted molar refractivity (Wildman–Crippen MR) is 85.8 cm³/mol. The number of hydrogen-bond acceptors (Lipinski definition) is 5. The molecular formula is C16H26N4O2. The van der Waals surface area contributed by atoms with Crippen LogP contribution in [0.15, 0.2) is 18.6 Å². The van der Waals surface area contributed by atoms with E-state index in [0.717, 1.165) is 38.3 Å². The second kappa shape index (κ2) is 6.94. The first-order valence-corrected chi connectivity index (χ1v) is 7.80. The minimum atomic E-state index is -0.430. The highest BCUT2D eigenvalue weighted by Gasteiger charge is 2.27. The Morgan fingerprint density at radius 2 is 2.05 bits per heavy atom. The molecule has 0 unspecified atom stereocenters. The Labute approximate surface area is 132 Å². The Hall–Kier alpha value is -1.85. The van der Waals surface area contributed by atoms with Crippen LogP contribution in [0.2, 0.25) is 0 Å². The van der Waals surface area contributed by atoms with Crippen LogP contribution in [0.5, 0.6) is 0 Å². The van der Waals surface area contributed by atoms with E-state index in [0.29, 0.717) is 5.92 Å². The molecule has 1 saturated heterocycles. The largest absolute Gasteiger partial charge is 0.444 e. The Kier molecular flexibility index (Phi) is 5.21. The smallest absolute Gasteiger partial charge is 0.410 e. The fourth-order valence-electron chi connectivity index (χ4n) is 2.59. The Balaban J connectivity index is 1.79. The summed E-state index contributed by atoms with van der Waals surface area (Å²) in [7, 11) is 2.03. The molecule has 0 radical (unpaired) electrons. The number of carbonyl (C=O) groups is 1. The standard InChI is InChI=1S/C16H26N4O2/c1-16(2,3)22-15(21)20-9-5-13(6-10-20)12-19(4)14-11-17-7-8-18-14/h7-8,11,13H,5-6,9-10,12H2,1-4H3. The number of nitrogens with zero attached hydrogens (tertiary/aromatic N) is 4. The summed E-state index contributed by atoms with van der Waals surface area (Å²) in [6.45, 7) is 8.14. The lowest BCUT2D eigenvalue weighted by molar-refractivity contribution is 0.0186. The number of amides is 1. The zero-order chi connectivity index (χ0) is 16.2. The van der Waals surface area contributed by atoms with E-state index in [1.807, 2.05) is 32.7 Å². The van der Waals surface area contributed by atoms with Gasteiger partial charge < -0.3 is 14.5 Å². The normalized spacial score (nSPS) is 16.5. The van der Waals surface area contributed by atoms with Crippen LogP contribution in [0, 0.1) is 5.92 Å². The zero-order valence-corrected chi connectivity index (χ0v) is 14.0. The van der Waals surface area contributed by atoms with Gasteiger partial charge in [-0.3, -0.25) is 4.98 Å². The first-order valence-electron chi connectivity index (χ1n) is 7.80. The molecule has 0 atom stereocenters. The minimum Gasteiger partial charge on any atom is -0.444 e. The summed E-state index contributed by atoms with van der Waals surface area (Å²) in [4.78, 5) is 24.4. The molecule has 2 rings (SSSR count). The van der Waals surface area contributed by atoms with Crippen LogP contribution in [0.3, 0.4) is 0 Å². The van der Waals surface area contributed by atoms with Gasteiger partial charge >= 0.3 is 6.09 Å². The number of rotatable bonds is 3. The topological polar surface area (TPSA) is 58.6 Å². The molecule has 1 fully saturated rings. The van der Waals surface area contributed by atoms with Crippen molar-refractivity contribution in [2.75, 3.05) is 31.6 Å². The quantitative estimate of drug-likeness (QED) is 0.859. The van der Waals surface area contributed by atoms with Gasteiger partial charge in [-0.25, -0.2) is 9.78 Å². The molecule has 0 aliphatic carbocycles. The number of aromatic nitrogens is 2. The monoisotopic (exact) mass is 306 g/mol. The predicted octanol–water partition coefficient (Wildman–Crippen LogP) is 2.56. The van der Waals surface area contributed by atoms with Gasteiger partial charge in [-0.1, -0.05) is 0 Å². The Bertz CT molecular complexity index is 479. The molecule has 6 heteroatoms. The van der Waals surface area contributed by atoms with Crippen molar-refractivity contribution in [3.05, 3.63) is 18.6 Å². The van der Waals surface area contributed by atoms with Crippen molar-refractivity contribution in [2.45, 2.75) is 39.2 Å². The highest BCUT2D eigenvalue weighted by atomic mass is 16.6. The molecule has 0 aromatic carbocycles. The lowest BCUT2D eigenvalue weighted by atomic mass is 9.96. The van der Waals surface area contributed by atoms with Crippen molar-refractivity contribution in [3.63, 3.8) is 0 Å². The van der Waals surface area contributed by atoms with E-state index in [2.05, 4.69) is 14.9 Å². The lowest BCUT2D eigenvalue weighted by Crippen LogP contribution is -2.43. The summed E-state index contributed by atoms with van der Waals surface area (Å²) in [6, 6.07) is 0. The number of piperidine rings is 1. The molecule has 1 aliphatic heterocycles. The zero-order valence-electron chi connectivity index (χ0n) is 14.0. The van der Waals surface area contributed by atoms with E-state index in [1.54, 1.807) is 18.6 Å². The third-order valence-electron chi connectivity index (χ3n) is 3.74. The van der Waals surface area contributed by atoms with Crippen LogP contribution >= 0.6 is 0 Å². The maximum atomic E-state index is 12.0. The molecular weight excluding hydrogens is 280 g/mol. The van der Waals surface area contributed by atoms with E-state index in [9.17, 15) is 4.79 Å². The van der Waals surface area contributed by atoms with Crippen LogP contribution < -0.4 is 4.90 Å². The van der Waals surface area contributed by atoms with Crippen molar-refractivity contribution in [3.8, 4) is 0 Å². The number of hydrogen-bond donors (Lipinski definition) is 0. The van der Waals surface area contributed by atoms with Gasteiger partial charge in [0, 0.05) is 39.1 Å². The van der Waals surface area contributed by atoms with Crippen LogP contribution in [-0.4, -0.2) is 53.2 Å². The van der Waals surface area contributed by atoms with Gasteiger partial charge in [0.15, 0.2) is 0 Å². The molecule has 22 heavy (non-hydrogen) atoms. The second-order valence-corrected chi connectivity index (χ2v) is 6.85. The van der Waals surface area contributed by atoms with Gasteiger partial charge in [0.1, 0.15) is 11.4 Å². The molecule has 1 aliphatic rings. The minimum absolute atomic E-state index is 0.201. The average Bonchev–Trinajstić information content (AvgIpc) is 2.47. The molecule has 0 saturated carbocycles. The van der Waals surface area contributed by atoms with Crippen LogP contribution in [0.4, 0.5) is 10.6 Å². The lowest BCUT2D eigenvalue weighted by Gasteiger charge is -2.35. The molecule has 2 heterocycles. The third kappa shape index (κ3) is 4.86. The van der Waals surface area contributed by atoms with Crippen LogP contribution in [0.1, 0.15) is 33.6 Å². The third-order valence-corrected chi connectivity index (χ3v) is 3.74. The van der Waals surface area contributed by atoms with Gasteiger partial charge in [0.2, 0.25) is 0 Å². The SMILES string of the molecule is CN(CC1CCN(C(=O)OC(C)(C)C)CC1)c1cnccn1. The van der Waals surface area contributed by atoms with Crippen molar-refractivity contribution < 1.29 is 9.53 Å². The molecule has 1 amide bonds. The van der Waals surface area contributed by atoms with Gasteiger partial charge in [0.25, 0.3) is 0 Å². The molecule has 0 spiro atoms. The van der Waals surface area contributed by atoms with E-state index >= 15 is 0 Å². The average molecular weight is 306 g/mol. The molecule has 0 N–H and O–H groups in total. The summed E-state index contributed by atoms with van der Waals surface area (Å²) in [5.74, 6) is 1.45. The van der Waals surface area contributed by atoms with Crippen LogP contribution in [-0.2, 0) is 4.74 Å². The first kappa shape index (κ1) is 16.5. The number of ether oxygens (including phenoxy) is 1. The van der Waals surface area contributed by atoms with Gasteiger partial charge in [-0.05, 0) is 39.5 Å². The first-order chi connectivity index (χ1) is 10.3. The summed E-state index contributed by atoms with van der Waals surface area (Å²) >= 11 is 0. The fraction of sp³-hybridized carbons (Fsp3) is 0.688. The molecule has 6 nitrogen and oxygen atoms in total. The molecule has 1 aromatic rings. The van der Waals surface area contributed by atoms with Crippen molar-refractivity contribution >= 4 is 11.9 Å². The van der Waals surface area contributed by atoms with Crippen LogP contribution in [0.25, 0.3) is 0 Å². The fourth-order valence-corrected chi connectivity index (χ4v) is 2.59. The molecule has 1 aromatic heterocycles. The highest BCUT2D eigenvalue weighted by molar-refractivity contribution is 5.68. The summed E-state index contributed by atoms with van der Waals surface area (Å²) < 4.78 is 5.42. The Morgan fingerprint density at radius 3 is 2.59 bits per heavy atom. The molecule has 122 valence electrons. The highest BCUT2D eigenvalue weighted by Crippen LogP contribution is 2.21. The number of likely N-dealkylation sites (tertiary alicyclic amines) is 1. The van der Waals surface area contributed by atoms with Gasteiger partial charge in [-0.2, -0.15) is 0 Å². The molecule has 0 bridgehead atoms. The summed E-state index contributed by atoms with van der Waals surface area (Å²) in [5, 5.41) is 0. The van der Waals surface area contributed by atoms with Gasteiger partial charge in [-0.15, -0.1) is 0 Å². The summed E-state index contributed by atoms with van der Waals surface area (Å²) in [5.41, 5.74) is -0.430. The Morgan fingerprint density at radius 1 is 1.36 bits per heavy atom. The second-order valence-electron chi connectivity index (χ2n) is 6.85. The number of carbonyl (C=O) groups excluding carboxylic acids is 1. The summed E-state index contributed by atoms with van der Waals surface area (Å²) in [6.07, 6.45) is 6.94. The van der Waals surface area contributed by atoms with E-state index in [-0.39, 0.29) is 6.09 Å².